The van der Waals surface area contributed by atoms with Gasteiger partial charge in [0, 0.05) is 17.6 Å². The second-order valence-corrected chi connectivity index (χ2v) is 5.87. The predicted octanol–water partition coefficient (Wildman–Crippen LogP) is 4.83. The fraction of sp³-hybridized carbons (Fsp3) is 0.100. The van der Waals surface area contributed by atoms with Gasteiger partial charge in [-0.2, -0.15) is 0 Å². The van der Waals surface area contributed by atoms with Gasteiger partial charge in [-0.3, -0.25) is 9.78 Å². The number of carbonyl (C=O) groups is 1. The Labute approximate surface area is 145 Å². The van der Waals surface area contributed by atoms with Gasteiger partial charge >= 0.3 is 0 Å². The molecule has 126 valence electrons. The molecule has 0 atom stereocenters. The van der Waals surface area contributed by atoms with Crippen LogP contribution in [-0.2, 0) is 0 Å². The van der Waals surface area contributed by atoms with E-state index in [1.807, 2.05) is 32.0 Å². The Balaban J connectivity index is 1.77. The Morgan fingerprint density at radius 2 is 1.72 bits per heavy atom. The van der Waals surface area contributed by atoms with Crippen molar-refractivity contribution in [3.63, 3.8) is 0 Å². The maximum Gasteiger partial charge on any atom is 0.257 e. The van der Waals surface area contributed by atoms with Gasteiger partial charge in [-0.15, -0.1) is 0 Å². The summed E-state index contributed by atoms with van der Waals surface area (Å²) in [6.45, 7) is 3.92. The van der Waals surface area contributed by atoms with Crippen LogP contribution in [0.3, 0.4) is 0 Å². The molecule has 0 bridgehead atoms. The SMILES string of the molecule is Cc1ccc(C)c(NC(=O)c2cncc(Nc3ccc(F)cc3)c2)c1. The number of nitrogens with one attached hydrogen (secondary N) is 2. The Kier molecular flexibility index (Phi) is 4.75. The Hall–Kier alpha value is -3.21. The van der Waals surface area contributed by atoms with E-state index in [9.17, 15) is 9.18 Å². The molecule has 0 radical (unpaired) electrons. The van der Waals surface area contributed by atoms with Crippen molar-refractivity contribution in [3.8, 4) is 0 Å². The summed E-state index contributed by atoms with van der Waals surface area (Å²) in [7, 11) is 0. The molecule has 2 N–H and O–H groups in total. The molecule has 0 fully saturated rings. The van der Waals surface area contributed by atoms with Crippen LogP contribution in [0.1, 0.15) is 21.5 Å². The predicted molar refractivity (Wildman–Crippen MR) is 97.8 cm³/mol. The molecular formula is C20H18FN3O. The first-order valence-electron chi connectivity index (χ1n) is 7.87. The number of anilines is 3. The molecular weight excluding hydrogens is 317 g/mol. The number of hydrogen-bond donors (Lipinski definition) is 2. The second-order valence-electron chi connectivity index (χ2n) is 5.87. The van der Waals surface area contributed by atoms with Crippen LogP contribution in [-0.4, -0.2) is 10.9 Å². The minimum atomic E-state index is -0.301. The van der Waals surface area contributed by atoms with Crippen LogP contribution >= 0.6 is 0 Å². The van der Waals surface area contributed by atoms with Crippen LogP contribution in [0.2, 0.25) is 0 Å². The highest BCUT2D eigenvalue weighted by Gasteiger charge is 2.09. The molecule has 4 nitrogen and oxygen atoms in total. The maximum atomic E-state index is 13.0. The van der Waals surface area contributed by atoms with Gasteiger partial charge in [0.15, 0.2) is 0 Å². The van der Waals surface area contributed by atoms with E-state index in [0.29, 0.717) is 11.3 Å². The van der Waals surface area contributed by atoms with Crippen LogP contribution < -0.4 is 10.6 Å². The minimum absolute atomic E-state index is 0.232. The van der Waals surface area contributed by atoms with Crippen LogP contribution in [0.5, 0.6) is 0 Å². The molecule has 1 amide bonds. The summed E-state index contributed by atoms with van der Waals surface area (Å²) in [6, 6.07) is 13.6. The lowest BCUT2D eigenvalue weighted by molar-refractivity contribution is 0.102. The average Bonchev–Trinajstić information content (AvgIpc) is 2.60. The van der Waals surface area contributed by atoms with Crippen molar-refractivity contribution in [1.29, 1.82) is 0 Å². The fourth-order valence-corrected chi connectivity index (χ4v) is 2.40. The minimum Gasteiger partial charge on any atom is -0.354 e. The zero-order valence-electron chi connectivity index (χ0n) is 14.0. The standard InChI is InChI=1S/C20H18FN3O/c1-13-3-4-14(2)19(9-13)24-20(25)15-10-18(12-22-11-15)23-17-7-5-16(21)6-8-17/h3-12,23H,1-2H3,(H,24,25). The fourth-order valence-electron chi connectivity index (χ4n) is 2.40. The van der Waals surface area contributed by atoms with Crippen molar-refractivity contribution < 1.29 is 9.18 Å². The molecule has 0 aliphatic heterocycles. The third-order valence-corrected chi connectivity index (χ3v) is 3.77. The van der Waals surface area contributed by atoms with Crippen LogP contribution in [0, 0.1) is 19.7 Å². The van der Waals surface area contributed by atoms with Gasteiger partial charge in [0.05, 0.1) is 17.4 Å². The molecule has 0 spiro atoms. The third kappa shape index (κ3) is 4.20. The lowest BCUT2D eigenvalue weighted by Crippen LogP contribution is -2.13. The molecule has 5 heteroatoms. The van der Waals surface area contributed by atoms with Gasteiger partial charge < -0.3 is 10.6 Å². The highest BCUT2D eigenvalue weighted by Crippen LogP contribution is 2.20. The van der Waals surface area contributed by atoms with Crippen LogP contribution in [0.15, 0.2) is 60.9 Å². The lowest BCUT2D eigenvalue weighted by Gasteiger charge is -2.11. The molecule has 3 aromatic rings. The zero-order valence-corrected chi connectivity index (χ0v) is 14.0. The molecule has 0 saturated heterocycles. The summed E-state index contributed by atoms with van der Waals surface area (Å²) >= 11 is 0. The number of halogens is 1. The molecule has 1 heterocycles. The smallest absolute Gasteiger partial charge is 0.257 e. The third-order valence-electron chi connectivity index (χ3n) is 3.77. The first kappa shape index (κ1) is 16.6. The molecule has 0 unspecified atom stereocenters. The Morgan fingerprint density at radius 3 is 2.48 bits per heavy atom. The van der Waals surface area contributed by atoms with E-state index in [2.05, 4.69) is 15.6 Å². The highest BCUT2D eigenvalue weighted by molar-refractivity contribution is 6.05. The summed E-state index contributed by atoms with van der Waals surface area (Å²) in [6.07, 6.45) is 3.12. The number of carbonyl (C=O) groups excluding carboxylic acids is 1. The van der Waals surface area contributed by atoms with Crippen molar-refractivity contribution in [2.24, 2.45) is 0 Å². The molecule has 1 aromatic heterocycles. The lowest BCUT2D eigenvalue weighted by atomic mass is 10.1. The second kappa shape index (κ2) is 7.13. The number of pyridine rings is 1. The summed E-state index contributed by atoms with van der Waals surface area (Å²) < 4.78 is 13.0. The van der Waals surface area contributed by atoms with Gasteiger partial charge in [-0.05, 0) is 61.4 Å². The van der Waals surface area contributed by atoms with Gasteiger partial charge in [0.25, 0.3) is 5.91 Å². The van der Waals surface area contributed by atoms with E-state index in [0.717, 1.165) is 22.5 Å². The van der Waals surface area contributed by atoms with Crippen molar-refractivity contribution in [2.45, 2.75) is 13.8 Å². The monoisotopic (exact) mass is 335 g/mol. The van der Waals surface area contributed by atoms with E-state index in [1.165, 1.54) is 18.3 Å². The van der Waals surface area contributed by atoms with Crippen molar-refractivity contribution in [2.75, 3.05) is 10.6 Å². The summed E-state index contributed by atoms with van der Waals surface area (Å²) in [5.74, 6) is -0.533. The van der Waals surface area contributed by atoms with Crippen LogP contribution in [0.4, 0.5) is 21.5 Å². The van der Waals surface area contributed by atoms with E-state index >= 15 is 0 Å². The van der Waals surface area contributed by atoms with E-state index < -0.39 is 0 Å². The zero-order chi connectivity index (χ0) is 17.8. The largest absolute Gasteiger partial charge is 0.354 e. The molecule has 2 aromatic carbocycles. The molecule has 25 heavy (non-hydrogen) atoms. The topological polar surface area (TPSA) is 54.0 Å². The number of aryl methyl sites for hydroxylation is 2. The van der Waals surface area contributed by atoms with Gasteiger partial charge in [0.2, 0.25) is 0 Å². The van der Waals surface area contributed by atoms with Gasteiger partial charge in [-0.25, -0.2) is 4.39 Å². The van der Waals surface area contributed by atoms with Gasteiger partial charge in [-0.1, -0.05) is 12.1 Å². The molecule has 0 aliphatic carbocycles. The number of amides is 1. The van der Waals surface area contributed by atoms with E-state index in [4.69, 9.17) is 0 Å². The van der Waals surface area contributed by atoms with Gasteiger partial charge in [0.1, 0.15) is 5.82 Å². The van der Waals surface area contributed by atoms with Crippen LogP contribution in [0.25, 0.3) is 0 Å². The maximum absolute atomic E-state index is 13.0. The molecule has 0 saturated carbocycles. The number of aromatic nitrogens is 1. The highest BCUT2D eigenvalue weighted by atomic mass is 19.1. The Morgan fingerprint density at radius 1 is 0.960 bits per heavy atom. The number of hydrogen-bond acceptors (Lipinski definition) is 3. The Bertz CT molecular complexity index is 907. The van der Waals surface area contributed by atoms with Crippen molar-refractivity contribution in [3.05, 3.63) is 83.4 Å². The van der Waals surface area contributed by atoms with Crippen molar-refractivity contribution in [1.82, 2.24) is 4.98 Å². The number of rotatable bonds is 4. The van der Waals surface area contributed by atoms with Crippen molar-refractivity contribution >= 4 is 23.0 Å². The molecule has 0 aliphatic rings. The molecule has 3 rings (SSSR count). The van der Waals surface area contributed by atoms with E-state index in [1.54, 1.807) is 24.4 Å². The summed E-state index contributed by atoms with van der Waals surface area (Å²) in [5.41, 5.74) is 4.66. The van der Waals surface area contributed by atoms with E-state index in [-0.39, 0.29) is 11.7 Å². The summed E-state index contributed by atoms with van der Waals surface area (Å²) in [4.78, 5) is 16.6. The average molecular weight is 335 g/mol. The normalized spacial score (nSPS) is 10.4. The number of nitrogens with zero attached hydrogens (tertiary/aromatic N) is 1. The summed E-state index contributed by atoms with van der Waals surface area (Å²) in [5, 5.41) is 6.01. The number of benzene rings is 2. The quantitative estimate of drug-likeness (QED) is 0.718. The first-order chi connectivity index (χ1) is 12.0. The first-order valence-corrected chi connectivity index (χ1v) is 7.87.